The van der Waals surface area contributed by atoms with E-state index in [0.717, 1.165) is 32.7 Å². The molecule has 0 bridgehead atoms. The highest BCUT2D eigenvalue weighted by atomic mass is 32.1. The van der Waals surface area contributed by atoms with Crippen LogP contribution < -0.4 is 14.3 Å². The van der Waals surface area contributed by atoms with Gasteiger partial charge in [-0.1, -0.05) is 53.8 Å². The fourth-order valence-electron chi connectivity index (χ4n) is 3.44. The first-order valence-corrected chi connectivity index (χ1v) is 9.93. The van der Waals surface area contributed by atoms with Crippen molar-refractivity contribution in [3.63, 3.8) is 0 Å². The zero-order valence-electron chi connectivity index (χ0n) is 15.3. The molecule has 0 spiro atoms. The molecule has 1 aliphatic rings. The molecule has 1 amide bonds. The van der Waals surface area contributed by atoms with Gasteiger partial charge >= 0.3 is 0 Å². The summed E-state index contributed by atoms with van der Waals surface area (Å²) in [4.78, 5) is 17.6. The van der Waals surface area contributed by atoms with Crippen molar-refractivity contribution in [2.75, 3.05) is 13.2 Å². The first kappa shape index (κ1) is 17.0. The molecule has 28 heavy (non-hydrogen) atoms. The van der Waals surface area contributed by atoms with E-state index >= 15 is 0 Å². The second-order valence-electron chi connectivity index (χ2n) is 6.77. The molecule has 0 saturated carbocycles. The molecule has 0 atom stereocenters. The van der Waals surface area contributed by atoms with E-state index < -0.39 is 0 Å². The lowest BCUT2D eigenvalue weighted by atomic mass is 10.1. The van der Waals surface area contributed by atoms with Crippen LogP contribution in [0, 0.1) is 0 Å². The zero-order chi connectivity index (χ0) is 19.1. The molecule has 0 aliphatic carbocycles. The van der Waals surface area contributed by atoms with Crippen molar-refractivity contribution in [1.82, 2.24) is 4.57 Å². The van der Waals surface area contributed by atoms with Gasteiger partial charge in [-0.3, -0.25) is 4.79 Å². The summed E-state index contributed by atoms with van der Waals surface area (Å²) in [5.74, 6) is 1.32. The highest BCUT2D eigenvalue weighted by Crippen LogP contribution is 2.35. The molecule has 1 aromatic heterocycles. The summed E-state index contributed by atoms with van der Waals surface area (Å²) in [6.45, 7) is 1.10. The predicted molar refractivity (Wildman–Crippen MR) is 110 cm³/mol. The molecule has 0 saturated heterocycles. The number of thiazole rings is 1. The zero-order valence-corrected chi connectivity index (χ0v) is 16.2. The molecule has 3 aromatic carbocycles. The maximum absolute atomic E-state index is 12.6. The fraction of sp³-hybridized carbons (Fsp3) is 0.182. The van der Waals surface area contributed by atoms with Crippen LogP contribution in [0.15, 0.2) is 59.6 Å². The lowest BCUT2D eigenvalue weighted by Gasteiger charge is -2.18. The van der Waals surface area contributed by atoms with Crippen molar-refractivity contribution in [3.8, 4) is 11.5 Å². The number of aromatic nitrogens is 1. The Balaban J connectivity index is 1.48. The SMILES string of the molecule is Cn1c(=NC(=O)Cc2ccc3ccccc3c2)sc2cc3c(cc21)OCCO3. The summed E-state index contributed by atoms with van der Waals surface area (Å²) >= 11 is 1.48. The molecule has 1 aliphatic heterocycles. The summed E-state index contributed by atoms with van der Waals surface area (Å²) in [7, 11) is 1.91. The van der Waals surface area contributed by atoms with Gasteiger partial charge < -0.3 is 14.0 Å². The van der Waals surface area contributed by atoms with Crippen LogP contribution in [0.4, 0.5) is 0 Å². The number of benzene rings is 3. The number of fused-ring (bicyclic) bond motifs is 3. The number of aryl methyl sites for hydroxylation is 1. The molecule has 0 N–H and O–H groups in total. The molecule has 5 rings (SSSR count). The second kappa shape index (κ2) is 6.80. The molecular weight excluding hydrogens is 372 g/mol. The molecule has 5 nitrogen and oxygen atoms in total. The number of hydrogen-bond acceptors (Lipinski definition) is 4. The van der Waals surface area contributed by atoms with Crippen LogP contribution in [-0.2, 0) is 18.3 Å². The van der Waals surface area contributed by atoms with E-state index in [9.17, 15) is 4.79 Å². The van der Waals surface area contributed by atoms with Gasteiger partial charge in [0.1, 0.15) is 13.2 Å². The number of hydrogen-bond donors (Lipinski definition) is 0. The van der Waals surface area contributed by atoms with Gasteiger partial charge in [0.25, 0.3) is 5.91 Å². The van der Waals surface area contributed by atoms with Crippen molar-refractivity contribution in [2.24, 2.45) is 12.0 Å². The van der Waals surface area contributed by atoms with Gasteiger partial charge in [0.05, 0.1) is 16.6 Å². The third-order valence-corrected chi connectivity index (χ3v) is 5.96. The van der Waals surface area contributed by atoms with Gasteiger partial charge in [0, 0.05) is 19.2 Å². The number of amides is 1. The quantitative estimate of drug-likeness (QED) is 0.523. The van der Waals surface area contributed by atoms with Crippen molar-refractivity contribution >= 4 is 38.2 Å². The smallest absolute Gasteiger partial charge is 0.252 e. The number of carbonyl (C=O) groups excluding carboxylic acids is 1. The van der Waals surface area contributed by atoms with E-state index in [1.807, 2.05) is 48.0 Å². The molecular formula is C22H18N2O3S. The highest BCUT2D eigenvalue weighted by molar-refractivity contribution is 7.16. The normalized spacial score (nSPS) is 14.0. The van der Waals surface area contributed by atoms with Crippen LogP contribution >= 0.6 is 11.3 Å². The van der Waals surface area contributed by atoms with Crippen molar-refractivity contribution in [3.05, 3.63) is 65.0 Å². The summed E-state index contributed by atoms with van der Waals surface area (Å²) in [6.07, 6.45) is 0.280. The van der Waals surface area contributed by atoms with Crippen molar-refractivity contribution in [1.29, 1.82) is 0 Å². The maximum atomic E-state index is 12.6. The van der Waals surface area contributed by atoms with Gasteiger partial charge in [-0.2, -0.15) is 4.99 Å². The Labute approximate surface area is 165 Å². The summed E-state index contributed by atoms with van der Waals surface area (Å²) in [5, 5.41) is 2.30. The first-order valence-electron chi connectivity index (χ1n) is 9.12. The monoisotopic (exact) mass is 390 g/mol. The molecule has 0 unspecified atom stereocenters. The van der Waals surface area contributed by atoms with E-state index in [2.05, 4.69) is 23.2 Å². The topological polar surface area (TPSA) is 52.8 Å². The number of rotatable bonds is 2. The summed E-state index contributed by atoms with van der Waals surface area (Å²) < 4.78 is 14.3. The van der Waals surface area contributed by atoms with Gasteiger partial charge in [-0.25, -0.2) is 0 Å². The Bertz CT molecular complexity index is 1290. The van der Waals surface area contributed by atoms with Gasteiger partial charge in [0.15, 0.2) is 16.3 Å². The van der Waals surface area contributed by atoms with Crippen LogP contribution in [0.2, 0.25) is 0 Å². The van der Waals surface area contributed by atoms with Gasteiger partial charge in [-0.05, 0) is 16.3 Å². The van der Waals surface area contributed by atoms with E-state index in [1.54, 1.807) is 0 Å². The minimum atomic E-state index is -0.158. The minimum Gasteiger partial charge on any atom is -0.486 e. The minimum absolute atomic E-state index is 0.158. The van der Waals surface area contributed by atoms with Gasteiger partial charge in [0.2, 0.25) is 0 Å². The van der Waals surface area contributed by atoms with Crippen molar-refractivity contribution in [2.45, 2.75) is 6.42 Å². The Kier molecular flexibility index (Phi) is 4.13. The van der Waals surface area contributed by atoms with Crippen LogP contribution in [0.1, 0.15) is 5.56 Å². The van der Waals surface area contributed by atoms with Gasteiger partial charge in [-0.15, -0.1) is 0 Å². The molecule has 0 fully saturated rings. The molecule has 4 aromatic rings. The van der Waals surface area contributed by atoms with Crippen LogP contribution in [0.25, 0.3) is 21.0 Å². The van der Waals surface area contributed by atoms with E-state index in [0.29, 0.717) is 18.0 Å². The third kappa shape index (κ3) is 3.05. The Morgan fingerprint density at radius 3 is 2.61 bits per heavy atom. The Morgan fingerprint density at radius 2 is 1.79 bits per heavy atom. The molecule has 6 heteroatoms. The number of nitrogens with zero attached hydrogens (tertiary/aromatic N) is 2. The first-order chi connectivity index (χ1) is 13.7. The Hall–Kier alpha value is -3.12. The molecule has 0 radical (unpaired) electrons. The largest absolute Gasteiger partial charge is 0.486 e. The van der Waals surface area contributed by atoms with E-state index in [1.165, 1.54) is 16.7 Å². The lowest BCUT2D eigenvalue weighted by molar-refractivity contribution is -0.117. The maximum Gasteiger partial charge on any atom is 0.252 e. The average Bonchev–Trinajstić information content (AvgIpc) is 3.00. The number of ether oxygens (including phenoxy) is 2. The molecule has 140 valence electrons. The highest BCUT2D eigenvalue weighted by Gasteiger charge is 2.15. The van der Waals surface area contributed by atoms with E-state index in [4.69, 9.17) is 9.47 Å². The number of carbonyl (C=O) groups is 1. The average molecular weight is 390 g/mol. The third-order valence-electron chi connectivity index (χ3n) is 4.86. The standard InChI is InChI=1S/C22H18N2O3S/c1-24-17-12-18-19(27-9-8-26-18)13-20(17)28-22(24)23-21(25)11-14-6-7-15-4-2-3-5-16(15)10-14/h2-7,10,12-13H,8-9,11H2,1H3. The fourth-order valence-corrected chi connectivity index (χ4v) is 4.49. The van der Waals surface area contributed by atoms with E-state index in [-0.39, 0.29) is 12.3 Å². The summed E-state index contributed by atoms with van der Waals surface area (Å²) in [5.41, 5.74) is 1.94. The second-order valence-corrected chi connectivity index (χ2v) is 7.78. The van der Waals surface area contributed by atoms with Crippen molar-refractivity contribution < 1.29 is 14.3 Å². The lowest BCUT2D eigenvalue weighted by Crippen LogP contribution is -2.16. The predicted octanol–water partition coefficient (Wildman–Crippen LogP) is 3.83. The Morgan fingerprint density at radius 1 is 1.04 bits per heavy atom. The van der Waals surface area contributed by atoms with Crippen LogP contribution in [0.5, 0.6) is 11.5 Å². The summed E-state index contributed by atoms with van der Waals surface area (Å²) in [6, 6.07) is 18.1. The van der Waals surface area contributed by atoms with Crippen LogP contribution in [0.3, 0.4) is 0 Å². The molecule has 2 heterocycles. The van der Waals surface area contributed by atoms with Crippen LogP contribution in [-0.4, -0.2) is 23.7 Å².